The lowest BCUT2D eigenvalue weighted by Gasteiger charge is -2.18. The zero-order valence-corrected chi connectivity index (χ0v) is 21.6. The molecular weight excluding hydrogens is 468 g/mol. The van der Waals surface area contributed by atoms with Gasteiger partial charge in [-0.25, -0.2) is 4.98 Å². The second-order valence-electron chi connectivity index (χ2n) is 7.94. The van der Waals surface area contributed by atoms with Gasteiger partial charge in [0.1, 0.15) is 24.0 Å². The average Bonchev–Trinajstić information content (AvgIpc) is 3.20. The number of nitrogens with zero attached hydrogens (tertiary/aromatic N) is 3. The van der Waals surface area contributed by atoms with Crippen LogP contribution in [-0.2, 0) is 11.1 Å². The molecule has 0 saturated carbocycles. The number of thiazole rings is 1. The quantitative estimate of drug-likeness (QED) is 0.322. The molecule has 33 heavy (non-hydrogen) atoms. The standard InChI is InChI=1S/C23H32F3N4OPS/c1-7-20(23(24,25)26)21(22-27-14-19(33-22)15-30(5)6)29-16(4)28-17-10-12-18(13-11-17)32(31,8-2)9-3/h7,10-14,16,28H,8-9,15H2,1-6H3/b20-7+,29-21+. The number of aromatic nitrogens is 1. The predicted octanol–water partition coefficient (Wildman–Crippen LogP) is 5.99. The Morgan fingerprint density at radius 1 is 1.24 bits per heavy atom. The highest BCUT2D eigenvalue weighted by molar-refractivity contribution is 7.71. The number of anilines is 1. The fourth-order valence-electron chi connectivity index (χ4n) is 3.36. The van der Waals surface area contributed by atoms with Crippen LogP contribution in [0.3, 0.4) is 0 Å². The van der Waals surface area contributed by atoms with E-state index in [4.69, 9.17) is 0 Å². The van der Waals surface area contributed by atoms with E-state index in [1.54, 1.807) is 25.3 Å². The van der Waals surface area contributed by atoms with E-state index in [2.05, 4.69) is 15.3 Å². The molecule has 0 amide bonds. The van der Waals surface area contributed by atoms with Gasteiger partial charge in [0.05, 0.1) is 5.57 Å². The number of alkyl halides is 3. The van der Waals surface area contributed by atoms with Crippen molar-refractivity contribution in [2.45, 2.75) is 46.6 Å². The van der Waals surface area contributed by atoms with Gasteiger partial charge in [0.2, 0.25) is 0 Å². The van der Waals surface area contributed by atoms with Crippen molar-refractivity contribution in [3.63, 3.8) is 0 Å². The SMILES string of the molecule is C/C=C(\C(=N/C(C)Nc1ccc(P(=O)(CC)CC)cc1)c1ncc(CN(C)C)s1)C(F)(F)F. The summed E-state index contributed by atoms with van der Waals surface area (Å²) in [5.41, 5.74) is -0.309. The summed E-state index contributed by atoms with van der Waals surface area (Å²) in [6.07, 6.45) is -1.39. The van der Waals surface area contributed by atoms with Crippen molar-refractivity contribution in [3.8, 4) is 0 Å². The van der Waals surface area contributed by atoms with E-state index in [-0.39, 0.29) is 10.7 Å². The minimum absolute atomic E-state index is 0.182. The number of benzene rings is 1. The third kappa shape index (κ3) is 7.26. The summed E-state index contributed by atoms with van der Waals surface area (Å²) in [6, 6.07) is 7.21. The van der Waals surface area contributed by atoms with Crippen molar-refractivity contribution in [1.82, 2.24) is 9.88 Å². The highest BCUT2D eigenvalue weighted by atomic mass is 32.1. The van der Waals surface area contributed by atoms with E-state index < -0.39 is 25.1 Å². The van der Waals surface area contributed by atoms with Crippen molar-refractivity contribution >= 4 is 35.2 Å². The molecule has 0 saturated heterocycles. The van der Waals surface area contributed by atoms with Crippen LogP contribution in [0.4, 0.5) is 18.9 Å². The molecule has 1 heterocycles. The highest BCUT2D eigenvalue weighted by Crippen LogP contribution is 2.43. The number of halogens is 3. The number of hydrogen-bond acceptors (Lipinski definition) is 6. The van der Waals surface area contributed by atoms with E-state index in [0.29, 0.717) is 24.6 Å². The van der Waals surface area contributed by atoms with Crippen LogP contribution in [0.5, 0.6) is 0 Å². The van der Waals surface area contributed by atoms with Crippen LogP contribution in [-0.4, -0.2) is 54.4 Å². The van der Waals surface area contributed by atoms with Crippen molar-refractivity contribution in [2.75, 3.05) is 31.7 Å². The number of nitrogens with one attached hydrogen (secondary N) is 1. The minimum Gasteiger partial charge on any atom is -0.364 e. The Bertz CT molecular complexity index is 1020. The zero-order valence-electron chi connectivity index (χ0n) is 19.9. The monoisotopic (exact) mass is 500 g/mol. The zero-order chi connectivity index (χ0) is 24.8. The second-order valence-corrected chi connectivity index (χ2v) is 12.6. The molecule has 10 heteroatoms. The summed E-state index contributed by atoms with van der Waals surface area (Å²) in [7, 11) is 1.38. The fourth-order valence-corrected chi connectivity index (χ4v) is 6.27. The van der Waals surface area contributed by atoms with Gasteiger partial charge in [0.25, 0.3) is 0 Å². The third-order valence-electron chi connectivity index (χ3n) is 5.14. The average molecular weight is 501 g/mol. The Balaban J connectivity index is 2.35. The van der Waals surface area contributed by atoms with E-state index in [1.165, 1.54) is 18.3 Å². The van der Waals surface area contributed by atoms with E-state index >= 15 is 0 Å². The van der Waals surface area contributed by atoms with Crippen LogP contribution in [0.15, 0.2) is 47.1 Å². The maximum Gasteiger partial charge on any atom is 0.418 e. The van der Waals surface area contributed by atoms with Gasteiger partial charge in [-0.15, -0.1) is 11.3 Å². The number of hydrogen-bond donors (Lipinski definition) is 1. The van der Waals surface area contributed by atoms with Crippen molar-refractivity contribution < 1.29 is 17.7 Å². The lowest BCUT2D eigenvalue weighted by Crippen LogP contribution is -2.24. The Hall–Kier alpha value is -1.96. The molecule has 0 aliphatic rings. The summed E-state index contributed by atoms with van der Waals surface area (Å²) in [6.45, 7) is 7.45. The van der Waals surface area contributed by atoms with Crippen LogP contribution < -0.4 is 10.6 Å². The van der Waals surface area contributed by atoms with Gasteiger partial charge in [-0.1, -0.05) is 19.9 Å². The molecule has 182 valence electrons. The van der Waals surface area contributed by atoms with Crippen LogP contribution in [0.1, 0.15) is 37.6 Å². The van der Waals surface area contributed by atoms with Gasteiger partial charge < -0.3 is 14.8 Å². The molecule has 0 aliphatic heterocycles. The topological polar surface area (TPSA) is 57.6 Å². The second kappa shape index (κ2) is 11.4. The van der Waals surface area contributed by atoms with Crippen LogP contribution >= 0.6 is 18.5 Å². The Labute approximate surface area is 198 Å². The molecule has 1 N–H and O–H groups in total. The first-order chi connectivity index (χ1) is 15.4. The van der Waals surface area contributed by atoms with Crippen LogP contribution in [0, 0.1) is 0 Å². The fraction of sp³-hybridized carbons (Fsp3) is 0.478. The summed E-state index contributed by atoms with van der Waals surface area (Å²) in [5, 5.41) is 4.16. The first-order valence-electron chi connectivity index (χ1n) is 10.8. The first kappa shape index (κ1) is 27.3. The highest BCUT2D eigenvalue weighted by Gasteiger charge is 2.38. The molecular formula is C23H32F3N4OPS. The minimum atomic E-state index is -4.55. The van der Waals surface area contributed by atoms with Gasteiger partial charge in [0.15, 0.2) is 0 Å². The predicted molar refractivity (Wildman–Crippen MR) is 134 cm³/mol. The van der Waals surface area contributed by atoms with Crippen molar-refractivity contribution in [3.05, 3.63) is 52.0 Å². The third-order valence-corrected chi connectivity index (χ3v) is 9.41. The van der Waals surface area contributed by atoms with Gasteiger partial charge in [-0.3, -0.25) is 4.99 Å². The molecule has 0 fully saturated rings. The molecule has 1 atom stereocenters. The van der Waals surface area contributed by atoms with Crippen LogP contribution in [0.25, 0.3) is 0 Å². The molecule has 0 spiro atoms. The summed E-state index contributed by atoms with van der Waals surface area (Å²) >= 11 is 1.20. The van der Waals surface area contributed by atoms with Gasteiger partial charge in [-0.2, -0.15) is 13.2 Å². The Morgan fingerprint density at radius 2 is 1.85 bits per heavy atom. The van der Waals surface area contributed by atoms with Crippen LogP contribution in [0.2, 0.25) is 0 Å². The normalized spacial score (nSPS) is 14.6. The molecule has 2 rings (SSSR count). The molecule has 0 aliphatic carbocycles. The van der Waals surface area contributed by atoms with Crippen molar-refractivity contribution in [1.29, 1.82) is 0 Å². The van der Waals surface area contributed by atoms with Gasteiger partial charge in [0, 0.05) is 40.9 Å². The molecule has 0 radical (unpaired) electrons. The van der Waals surface area contributed by atoms with E-state index in [1.807, 2.05) is 45.0 Å². The lowest BCUT2D eigenvalue weighted by molar-refractivity contribution is -0.0861. The molecule has 1 aromatic carbocycles. The van der Waals surface area contributed by atoms with E-state index in [0.717, 1.165) is 16.3 Å². The molecule has 2 aromatic rings. The molecule has 0 bridgehead atoms. The summed E-state index contributed by atoms with van der Waals surface area (Å²) < 4.78 is 54.1. The Morgan fingerprint density at radius 3 is 2.33 bits per heavy atom. The smallest absolute Gasteiger partial charge is 0.364 e. The molecule has 1 aromatic heterocycles. The van der Waals surface area contributed by atoms with Crippen molar-refractivity contribution in [2.24, 2.45) is 4.99 Å². The number of aliphatic imine (C=N–C) groups is 1. The first-order valence-corrected chi connectivity index (χ1v) is 13.7. The van der Waals surface area contributed by atoms with Gasteiger partial charge in [-0.05, 0) is 52.2 Å². The summed E-state index contributed by atoms with van der Waals surface area (Å²) in [4.78, 5) is 11.4. The maximum atomic E-state index is 13.7. The largest absolute Gasteiger partial charge is 0.418 e. The summed E-state index contributed by atoms with van der Waals surface area (Å²) in [5.74, 6) is 0. The number of allylic oxidation sites excluding steroid dienone is 2. The molecule has 5 nitrogen and oxygen atoms in total. The Kier molecular flexibility index (Phi) is 9.47. The maximum absolute atomic E-state index is 13.7. The van der Waals surface area contributed by atoms with E-state index in [9.17, 15) is 17.7 Å². The number of rotatable bonds is 10. The van der Waals surface area contributed by atoms with Gasteiger partial charge >= 0.3 is 6.18 Å². The lowest BCUT2D eigenvalue weighted by atomic mass is 10.1. The molecule has 1 unspecified atom stereocenters.